The number of para-hydroxylation sites is 3. The van der Waals surface area contributed by atoms with Crippen molar-refractivity contribution in [3.05, 3.63) is 101 Å². The van der Waals surface area contributed by atoms with E-state index in [1.54, 1.807) is 11.1 Å². The third-order valence-electron chi connectivity index (χ3n) is 6.51. The van der Waals surface area contributed by atoms with E-state index in [0.29, 0.717) is 11.3 Å². The molecule has 2 aliphatic rings. The van der Waals surface area contributed by atoms with E-state index in [0.717, 1.165) is 22.2 Å². The molecule has 4 aromatic rings. The molecule has 7 heteroatoms. The first-order chi connectivity index (χ1) is 16.5. The zero-order valence-electron chi connectivity index (χ0n) is 18.3. The normalized spacial score (nSPS) is 22.0. The van der Waals surface area contributed by atoms with Gasteiger partial charge in [0.1, 0.15) is 11.1 Å². The lowest BCUT2D eigenvalue weighted by Crippen LogP contribution is -2.37. The van der Waals surface area contributed by atoms with Crippen molar-refractivity contribution in [2.24, 2.45) is 5.92 Å². The maximum Gasteiger partial charge on any atom is 0.266 e. The van der Waals surface area contributed by atoms with Crippen LogP contribution < -0.4 is 9.96 Å². The minimum absolute atomic E-state index is 0.281. The van der Waals surface area contributed by atoms with Gasteiger partial charge in [-0.3, -0.25) is 14.4 Å². The van der Waals surface area contributed by atoms with Gasteiger partial charge in [-0.2, -0.15) is 0 Å². The van der Waals surface area contributed by atoms with Crippen LogP contribution in [0.2, 0.25) is 5.15 Å². The summed E-state index contributed by atoms with van der Waals surface area (Å²) in [5, 5.41) is 2.81. The lowest BCUT2D eigenvalue weighted by molar-refractivity contribution is -0.126. The van der Waals surface area contributed by atoms with Crippen molar-refractivity contribution in [1.29, 1.82) is 0 Å². The number of fused-ring (bicyclic) bond motifs is 2. The number of hydrogen-bond acceptors (Lipinski definition) is 5. The molecule has 6 nitrogen and oxygen atoms in total. The van der Waals surface area contributed by atoms with Crippen LogP contribution >= 0.6 is 11.6 Å². The summed E-state index contributed by atoms with van der Waals surface area (Å²) in [5.74, 6) is -1.46. The molecule has 2 saturated heterocycles. The third-order valence-corrected chi connectivity index (χ3v) is 6.81. The maximum atomic E-state index is 13.8. The first-order valence-corrected chi connectivity index (χ1v) is 11.4. The maximum absolute atomic E-state index is 13.8. The average Bonchev–Trinajstić information content (AvgIpc) is 3.35. The first-order valence-electron chi connectivity index (χ1n) is 11.0. The standard InChI is InChI=1S/C27H20ClN3O3/c1-16-9-5-8-14-21(16)30-26(32)22-23(19-15-17-10-6-7-13-20(17)29-25(19)28)31(34-24(22)27(30)33)18-11-3-2-4-12-18/h2-15,22-24H,1H3/t22-,23+,24+/m0/s1. The van der Waals surface area contributed by atoms with Gasteiger partial charge in [0.05, 0.1) is 22.9 Å². The molecule has 3 aromatic carbocycles. The number of carbonyl (C=O) groups is 2. The summed E-state index contributed by atoms with van der Waals surface area (Å²) in [7, 11) is 0. The summed E-state index contributed by atoms with van der Waals surface area (Å²) < 4.78 is 0. The number of benzene rings is 3. The Bertz CT molecular complexity index is 1440. The molecule has 0 unspecified atom stereocenters. The summed E-state index contributed by atoms with van der Waals surface area (Å²) in [5.41, 5.74) is 3.54. The van der Waals surface area contributed by atoms with Gasteiger partial charge in [0.25, 0.3) is 5.91 Å². The van der Waals surface area contributed by atoms with E-state index in [1.807, 2.05) is 85.8 Å². The third kappa shape index (κ3) is 3.10. The van der Waals surface area contributed by atoms with E-state index >= 15 is 0 Å². The Kier molecular flexibility index (Phi) is 4.86. The second-order valence-electron chi connectivity index (χ2n) is 8.52. The molecule has 0 radical (unpaired) electrons. The molecule has 2 fully saturated rings. The summed E-state index contributed by atoms with van der Waals surface area (Å²) in [4.78, 5) is 39.4. The number of aryl methyl sites for hydroxylation is 1. The number of halogens is 1. The Labute approximate surface area is 201 Å². The molecule has 1 aromatic heterocycles. The van der Waals surface area contributed by atoms with Gasteiger partial charge in [-0.1, -0.05) is 66.2 Å². The molecule has 0 saturated carbocycles. The van der Waals surface area contributed by atoms with Gasteiger partial charge in [-0.15, -0.1) is 0 Å². The molecule has 0 aliphatic carbocycles. The van der Waals surface area contributed by atoms with Crippen LogP contribution in [-0.4, -0.2) is 22.9 Å². The number of anilines is 2. The van der Waals surface area contributed by atoms with E-state index in [1.165, 1.54) is 4.90 Å². The smallest absolute Gasteiger partial charge is 0.266 e. The highest BCUT2D eigenvalue weighted by Gasteiger charge is 2.60. The molecule has 3 atom stereocenters. The van der Waals surface area contributed by atoms with Crippen molar-refractivity contribution in [3.8, 4) is 0 Å². The number of hydrogen-bond donors (Lipinski definition) is 0. The van der Waals surface area contributed by atoms with E-state index < -0.39 is 18.1 Å². The van der Waals surface area contributed by atoms with Gasteiger partial charge in [0.15, 0.2) is 6.10 Å². The molecule has 0 bridgehead atoms. The Morgan fingerprint density at radius 1 is 0.882 bits per heavy atom. The summed E-state index contributed by atoms with van der Waals surface area (Å²) in [6, 6.07) is 25.7. The Balaban J connectivity index is 1.51. The first kappa shape index (κ1) is 20.8. The van der Waals surface area contributed by atoms with Crippen LogP contribution in [0.3, 0.4) is 0 Å². The van der Waals surface area contributed by atoms with Gasteiger partial charge >= 0.3 is 0 Å². The highest BCUT2D eigenvalue weighted by molar-refractivity contribution is 6.31. The molecule has 0 spiro atoms. The molecular weight excluding hydrogens is 450 g/mol. The van der Waals surface area contributed by atoms with E-state index in [4.69, 9.17) is 16.4 Å². The fourth-order valence-corrected chi connectivity index (χ4v) is 5.15. The van der Waals surface area contributed by atoms with Gasteiger partial charge in [0.2, 0.25) is 5.91 Å². The van der Waals surface area contributed by atoms with Gasteiger partial charge in [-0.05, 0) is 42.8 Å². The SMILES string of the molecule is Cc1ccccc1N1C(=O)[C@H]2[C@@H](c3cc4ccccc4nc3Cl)N(c3ccccc3)O[C@H]2C1=O. The monoisotopic (exact) mass is 469 g/mol. The molecule has 34 heavy (non-hydrogen) atoms. The van der Waals surface area contributed by atoms with Crippen LogP contribution in [0.15, 0.2) is 84.9 Å². The van der Waals surface area contributed by atoms with Crippen molar-refractivity contribution < 1.29 is 14.4 Å². The Hall–Kier alpha value is -3.74. The van der Waals surface area contributed by atoms with Gasteiger partial charge < -0.3 is 0 Å². The van der Waals surface area contributed by atoms with Crippen LogP contribution in [-0.2, 0) is 14.4 Å². The van der Waals surface area contributed by atoms with Crippen molar-refractivity contribution in [2.75, 3.05) is 9.96 Å². The van der Waals surface area contributed by atoms with E-state index in [9.17, 15) is 9.59 Å². The van der Waals surface area contributed by atoms with E-state index in [2.05, 4.69) is 4.98 Å². The highest BCUT2D eigenvalue weighted by Crippen LogP contribution is 2.49. The summed E-state index contributed by atoms with van der Waals surface area (Å²) in [6.07, 6.45) is -0.958. The van der Waals surface area contributed by atoms with Crippen molar-refractivity contribution in [3.63, 3.8) is 0 Å². The number of rotatable bonds is 3. The molecule has 6 rings (SSSR count). The topological polar surface area (TPSA) is 62.7 Å². The summed E-state index contributed by atoms with van der Waals surface area (Å²) >= 11 is 6.69. The fourth-order valence-electron chi connectivity index (χ4n) is 4.90. The Morgan fingerprint density at radius 2 is 1.59 bits per heavy atom. The molecule has 2 aliphatic heterocycles. The number of pyridine rings is 1. The number of hydroxylamine groups is 1. The largest absolute Gasteiger partial charge is 0.273 e. The number of imide groups is 1. The zero-order chi connectivity index (χ0) is 23.4. The number of nitrogens with zero attached hydrogens (tertiary/aromatic N) is 3. The van der Waals surface area contributed by atoms with Crippen molar-refractivity contribution >= 4 is 45.7 Å². The minimum atomic E-state index is -0.958. The van der Waals surface area contributed by atoms with Gasteiger partial charge in [0, 0.05) is 10.9 Å². The lowest BCUT2D eigenvalue weighted by Gasteiger charge is -2.29. The van der Waals surface area contributed by atoms with Gasteiger partial charge in [-0.25, -0.2) is 14.9 Å². The summed E-state index contributed by atoms with van der Waals surface area (Å²) in [6.45, 7) is 1.88. The number of carbonyl (C=O) groups excluding carboxylic acids is 2. The minimum Gasteiger partial charge on any atom is -0.273 e. The van der Waals surface area contributed by atoms with Crippen LogP contribution in [0.4, 0.5) is 11.4 Å². The number of aromatic nitrogens is 1. The van der Waals surface area contributed by atoms with Crippen molar-refractivity contribution in [2.45, 2.75) is 19.1 Å². The quantitative estimate of drug-likeness (QED) is 0.303. The predicted molar refractivity (Wildman–Crippen MR) is 130 cm³/mol. The zero-order valence-corrected chi connectivity index (χ0v) is 19.0. The molecular formula is C27H20ClN3O3. The second kappa shape index (κ2) is 7.94. The van der Waals surface area contributed by atoms with Crippen LogP contribution in [0, 0.1) is 12.8 Å². The van der Waals surface area contributed by atoms with Crippen LogP contribution in [0.25, 0.3) is 10.9 Å². The Morgan fingerprint density at radius 3 is 2.38 bits per heavy atom. The highest BCUT2D eigenvalue weighted by atomic mass is 35.5. The average molecular weight is 470 g/mol. The molecule has 3 heterocycles. The lowest BCUT2D eigenvalue weighted by atomic mass is 9.90. The molecule has 2 amide bonds. The predicted octanol–water partition coefficient (Wildman–Crippen LogP) is 5.25. The van der Waals surface area contributed by atoms with Crippen LogP contribution in [0.5, 0.6) is 0 Å². The fraction of sp³-hybridized carbons (Fsp3) is 0.148. The molecule has 0 N–H and O–H groups in total. The number of amides is 2. The van der Waals surface area contributed by atoms with Crippen LogP contribution in [0.1, 0.15) is 17.2 Å². The van der Waals surface area contributed by atoms with Crippen molar-refractivity contribution in [1.82, 2.24) is 4.98 Å². The van der Waals surface area contributed by atoms with E-state index in [-0.39, 0.29) is 17.0 Å². The second-order valence-corrected chi connectivity index (χ2v) is 8.88. The molecule has 168 valence electrons.